The van der Waals surface area contributed by atoms with E-state index in [9.17, 15) is 13.5 Å². The van der Waals surface area contributed by atoms with Gasteiger partial charge in [-0.2, -0.15) is 5.26 Å². The lowest BCUT2D eigenvalue weighted by Crippen LogP contribution is -2.41. The van der Waals surface area contributed by atoms with Gasteiger partial charge in [0.15, 0.2) is 0 Å². The van der Waals surface area contributed by atoms with Gasteiger partial charge in [-0.15, -0.1) is 0 Å². The quantitative estimate of drug-likeness (QED) is 0.769. The summed E-state index contributed by atoms with van der Waals surface area (Å²) in [5, 5.41) is 18.8. The van der Waals surface area contributed by atoms with Crippen LogP contribution in [0.5, 0.6) is 0 Å². The largest absolute Gasteiger partial charge is 0.389 e. The van der Waals surface area contributed by atoms with Gasteiger partial charge >= 0.3 is 0 Å². The molecule has 0 heterocycles. The zero-order valence-electron chi connectivity index (χ0n) is 11.5. The van der Waals surface area contributed by atoms with Crippen molar-refractivity contribution in [1.29, 1.82) is 5.26 Å². The lowest BCUT2D eigenvalue weighted by molar-refractivity contribution is 0.0292. The molecule has 7 heteroatoms. The van der Waals surface area contributed by atoms with E-state index in [0.29, 0.717) is 13.0 Å². The topological polar surface area (TPSA) is 99.4 Å². The van der Waals surface area contributed by atoms with Gasteiger partial charge in [-0.05, 0) is 25.1 Å². The number of hydrogen-bond acceptors (Lipinski definition) is 5. The van der Waals surface area contributed by atoms with Crippen LogP contribution < -0.4 is 4.72 Å². The molecule has 0 aliphatic carbocycles. The van der Waals surface area contributed by atoms with Crippen LogP contribution in [0, 0.1) is 11.3 Å². The first-order chi connectivity index (χ1) is 9.30. The first-order valence-corrected chi connectivity index (χ1v) is 7.50. The summed E-state index contributed by atoms with van der Waals surface area (Å²) in [6, 6.07) is 7.58. The summed E-state index contributed by atoms with van der Waals surface area (Å²) < 4.78 is 31.3. The number of rotatable bonds is 7. The van der Waals surface area contributed by atoms with Gasteiger partial charge in [0.25, 0.3) is 0 Å². The summed E-state index contributed by atoms with van der Waals surface area (Å²) >= 11 is 0. The standard InChI is InChI=1S/C13H18N2O4S/c1-13(16,6-7-19-2)10-15-20(17,18)12-5-3-4-11(8-12)9-14/h3-5,8,15-16H,6-7,10H2,1-2H3. The molecule has 20 heavy (non-hydrogen) atoms. The van der Waals surface area contributed by atoms with Gasteiger partial charge in [0.2, 0.25) is 10.0 Å². The van der Waals surface area contributed by atoms with Crippen molar-refractivity contribution in [3.63, 3.8) is 0 Å². The van der Waals surface area contributed by atoms with E-state index in [1.165, 1.54) is 38.3 Å². The summed E-state index contributed by atoms with van der Waals surface area (Å²) in [4.78, 5) is -0.000841. The van der Waals surface area contributed by atoms with Crippen molar-refractivity contribution in [2.24, 2.45) is 0 Å². The zero-order valence-corrected chi connectivity index (χ0v) is 12.3. The minimum atomic E-state index is -3.75. The van der Waals surface area contributed by atoms with E-state index in [1.54, 1.807) is 0 Å². The molecule has 0 radical (unpaired) electrons. The van der Waals surface area contributed by atoms with Crippen LogP contribution in [0.3, 0.4) is 0 Å². The number of nitrogens with one attached hydrogen (secondary N) is 1. The van der Waals surface area contributed by atoms with Crippen molar-refractivity contribution in [3.05, 3.63) is 29.8 Å². The third-order valence-corrected chi connectivity index (χ3v) is 4.16. The van der Waals surface area contributed by atoms with Crippen molar-refractivity contribution in [3.8, 4) is 6.07 Å². The average molecular weight is 298 g/mol. The predicted molar refractivity (Wildman–Crippen MR) is 73.5 cm³/mol. The monoisotopic (exact) mass is 298 g/mol. The van der Waals surface area contributed by atoms with Crippen LogP contribution in [0.4, 0.5) is 0 Å². The van der Waals surface area contributed by atoms with Crippen molar-refractivity contribution >= 4 is 10.0 Å². The number of nitriles is 1. The second-order valence-corrected chi connectivity index (χ2v) is 6.47. The number of aliphatic hydroxyl groups is 1. The van der Waals surface area contributed by atoms with E-state index in [4.69, 9.17) is 10.00 Å². The van der Waals surface area contributed by atoms with Gasteiger partial charge in [0, 0.05) is 26.7 Å². The van der Waals surface area contributed by atoms with Crippen molar-refractivity contribution in [2.45, 2.75) is 23.8 Å². The van der Waals surface area contributed by atoms with Gasteiger partial charge in [-0.3, -0.25) is 0 Å². The molecule has 0 aliphatic heterocycles. The highest BCUT2D eigenvalue weighted by Crippen LogP contribution is 2.13. The molecule has 0 aliphatic rings. The molecule has 0 saturated heterocycles. The summed E-state index contributed by atoms with van der Waals surface area (Å²) in [7, 11) is -2.25. The Morgan fingerprint density at radius 2 is 2.20 bits per heavy atom. The minimum Gasteiger partial charge on any atom is -0.389 e. The van der Waals surface area contributed by atoms with Gasteiger partial charge in [0.05, 0.1) is 22.1 Å². The Morgan fingerprint density at radius 1 is 1.50 bits per heavy atom. The van der Waals surface area contributed by atoms with Crippen molar-refractivity contribution < 1.29 is 18.3 Å². The maximum atomic E-state index is 12.1. The van der Waals surface area contributed by atoms with Crippen LogP contribution in [0.15, 0.2) is 29.2 Å². The second kappa shape index (κ2) is 6.81. The SMILES string of the molecule is COCCC(C)(O)CNS(=O)(=O)c1cccc(C#N)c1. The fraction of sp³-hybridized carbons (Fsp3) is 0.462. The lowest BCUT2D eigenvalue weighted by Gasteiger charge is -2.23. The van der Waals surface area contributed by atoms with E-state index in [-0.39, 0.29) is 17.0 Å². The number of benzene rings is 1. The average Bonchev–Trinajstić information content (AvgIpc) is 2.43. The third kappa shape index (κ3) is 4.90. The fourth-order valence-corrected chi connectivity index (χ4v) is 2.68. The van der Waals surface area contributed by atoms with Gasteiger partial charge < -0.3 is 9.84 Å². The summed E-state index contributed by atoms with van der Waals surface area (Å²) in [5.41, 5.74) is -0.936. The van der Waals surface area contributed by atoms with Crippen LogP contribution in [-0.2, 0) is 14.8 Å². The van der Waals surface area contributed by atoms with E-state index >= 15 is 0 Å². The number of ether oxygens (including phenoxy) is 1. The molecule has 0 bridgehead atoms. The molecule has 0 fully saturated rings. The Morgan fingerprint density at radius 3 is 2.80 bits per heavy atom. The van der Waals surface area contributed by atoms with Crippen LogP contribution >= 0.6 is 0 Å². The fourth-order valence-electron chi connectivity index (χ4n) is 1.48. The summed E-state index contributed by atoms with van der Waals surface area (Å²) in [5.74, 6) is 0. The number of hydrogen-bond donors (Lipinski definition) is 2. The molecule has 1 atom stereocenters. The van der Waals surface area contributed by atoms with Crippen molar-refractivity contribution in [1.82, 2.24) is 4.72 Å². The molecule has 0 aromatic heterocycles. The second-order valence-electron chi connectivity index (χ2n) is 4.70. The van der Waals surface area contributed by atoms with Crippen LogP contribution in [0.1, 0.15) is 18.9 Å². The molecule has 110 valence electrons. The van der Waals surface area contributed by atoms with Crippen molar-refractivity contribution in [2.75, 3.05) is 20.3 Å². The van der Waals surface area contributed by atoms with Gasteiger partial charge in [0.1, 0.15) is 0 Å². The molecule has 6 nitrogen and oxygen atoms in total. The normalized spacial score (nSPS) is 14.5. The maximum absolute atomic E-state index is 12.1. The zero-order chi connectivity index (χ0) is 15.2. The van der Waals surface area contributed by atoms with E-state index in [0.717, 1.165) is 0 Å². The minimum absolute atomic E-state index is 0.000841. The van der Waals surface area contributed by atoms with Crippen LogP contribution in [-0.4, -0.2) is 39.4 Å². The molecule has 1 aromatic carbocycles. The molecular weight excluding hydrogens is 280 g/mol. The Bertz CT molecular complexity index is 591. The number of nitrogens with zero attached hydrogens (tertiary/aromatic N) is 1. The molecule has 1 unspecified atom stereocenters. The molecule has 1 aromatic rings. The van der Waals surface area contributed by atoms with E-state index < -0.39 is 15.6 Å². The first-order valence-electron chi connectivity index (χ1n) is 6.02. The van der Waals surface area contributed by atoms with Gasteiger partial charge in [-0.1, -0.05) is 6.07 Å². The third-order valence-electron chi connectivity index (χ3n) is 2.76. The number of sulfonamides is 1. The Kier molecular flexibility index (Phi) is 5.65. The predicted octanol–water partition coefficient (Wildman–Crippen LogP) is 0.624. The lowest BCUT2D eigenvalue weighted by atomic mass is 10.0. The van der Waals surface area contributed by atoms with E-state index in [1.807, 2.05) is 6.07 Å². The van der Waals surface area contributed by atoms with E-state index in [2.05, 4.69) is 4.72 Å². The first kappa shape index (κ1) is 16.6. The molecule has 1 rings (SSSR count). The maximum Gasteiger partial charge on any atom is 0.240 e. The Balaban J connectivity index is 2.78. The Labute approximate surface area is 119 Å². The Hall–Kier alpha value is -1.46. The van der Waals surface area contributed by atoms with Crippen LogP contribution in [0.2, 0.25) is 0 Å². The summed E-state index contributed by atoms with van der Waals surface area (Å²) in [6.07, 6.45) is 0.310. The molecule has 2 N–H and O–H groups in total. The molecular formula is C13H18N2O4S. The highest BCUT2D eigenvalue weighted by molar-refractivity contribution is 7.89. The highest BCUT2D eigenvalue weighted by atomic mass is 32.2. The molecule has 0 spiro atoms. The van der Waals surface area contributed by atoms with Crippen LogP contribution in [0.25, 0.3) is 0 Å². The number of methoxy groups -OCH3 is 1. The highest BCUT2D eigenvalue weighted by Gasteiger charge is 2.24. The smallest absolute Gasteiger partial charge is 0.240 e. The molecule has 0 amide bonds. The van der Waals surface area contributed by atoms with Gasteiger partial charge in [-0.25, -0.2) is 13.1 Å². The summed E-state index contributed by atoms with van der Waals surface area (Å²) in [6.45, 7) is 1.73. The molecule has 0 saturated carbocycles.